The fraction of sp³-hybridized carbons (Fsp3) is 0.727. The van der Waals surface area contributed by atoms with Crippen LogP contribution < -0.4 is 5.73 Å². The fourth-order valence-corrected chi connectivity index (χ4v) is 1.71. The summed E-state index contributed by atoms with van der Waals surface area (Å²) in [5.41, 5.74) is 6.35. The molecule has 0 spiro atoms. The van der Waals surface area contributed by atoms with Crippen LogP contribution in [0, 0.1) is 0 Å². The van der Waals surface area contributed by atoms with Crippen molar-refractivity contribution in [2.24, 2.45) is 0 Å². The SMILES string of the molecule is CCCN(CCC)CCn1cc(N)cn1. The van der Waals surface area contributed by atoms with E-state index in [1.165, 1.54) is 25.9 Å². The first-order valence-corrected chi connectivity index (χ1v) is 5.76. The van der Waals surface area contributed by atoms with Gasteiger partial charge in [0.05, 0.1) is 18.4 Å². The van der Waals surface area contributed by atoms with Gasteiger partial charge in [-0.05, 0) is 25.9 Å². The number of anilines is 1. The first-order chi connectivity index (χ1) is 7.26. The Kier molecular flexibility index (Phi) is 5.18. The van der Waals surface area contributed by atoms with E-state index in [9.17, 15) is 0 Å². The van der Waals surface area contributed by atoms with Crippen molar-refractivity contribution in [2.45, 2.75) is 33.2 Å². The van der Waals surface area contributed by atoms with Crippen molar-refractivity contribution in [1.82, 2.24) is 14.7 Å². The van der Waals surface area contributed by atoms with Gasteiger partial charge in [0.25, 0.3) is 0 Å². The van der Waals surface area contributed by atoms with Crippen molar-refractivity contribution in [3.63, 3.8) is 0 Å². The second-order valence-corrected chi connectivity index (χ2v) is 3.88. The third-order valence-corrected chi connectivity index (χ3v) is 2.38. The molecule has 0 radical (unpaired) electrons. The van der Waals surface area contributed by atoms with E-state index < -0.39 is 0 Å². The smallest absolute Gasteiger partial charge is 0.0719 e. The topological polar surface area (TPSA) is 47.1 Å². The molecule has 86 valence electrons. The summed E-state index contributed by atoms with van der Waals surface area (Å²) in [5, 5.41) is 4.17. The second kappa shape index (κ2) is 6.45. The van der Waals surface area contributed by atoms with Gasteiger partial charge in [0.2, 0.25) is 0 Å². The maximum atomic E-state index is 5.61. The number of nitrogens with two attached hydrogens (primary N) is 1. The van der Waals surface area contributed by atoms with Crippen LogP contribution in [0.4, 0.5) is 5.69 Å². The molecule has 4 nitrogen and oxygen atoms in total. The molecule has 0 aliphatic rings. The predicted octanol–water partition coefficient (Wildman–Crippen LogP) is 1.59. The average Bonchev–Trinajstić information content (AvgIpc) is 2.61. The number of hydrogen-bond donors (Lipinski definition) is 1. The third-order valence-electron chi connectivity index (χ3n) is 2.38. The minimum absolute atomic E-state index is 0.743. The van der Waals surface area contributed by atoms with Gasteiger partial charge >= 0.3 is 0 Å². The van der Waals surface area contributed by atoms with Gasteiger partial charge in [-0.15, -0.1) is 0 Å². The maximum absolute atomic E-state index is 5.61. The number of aromatic nitrogens is 2. The average molecular weight is 210 g/mol. The molecular formula is C11H22N4. The minimum atomic E-state index is 0.743. The summed E-state index contributed by atoms with van der Waals surface area (Å²) >= 11 is 0. The quantitative estimate of drug-likeness (QED) is 0.743. The van der Waals surface area contributed by atoms with Gasteiger partial charge in [-0.1, -0.05) is 13.8 Å². The Labute approximate surface area is 92.1 Å². The molecule has 0 aliphatic carbocycles. The Hall–Kier alpha value is -1.03. The molecule has 15 heavy (non-hydrogen) atoms. The molecule has 4 heteroatoms. The summed E-state index contributed by atoms with van der Waals surface area (Å²) in [5.74, 6) is 0. The highest BCUT2D eigenvalue weighted by Crippen LogP contribution is 1.99. The zero-order chi connectivity index (χ0) is 11.1. The first kappa shape index (κ1) is 12.0. The van der Waals surface area contributed by atoms with Crippen molar-refractivity contribution >= 4 is 5.69 Å². The van der Waals surface area contributed by atoms with Crippen LogP contribution in [-0.4, -0.2) is 34.3 Å². The van der Waals surface area contributed by atoms with Crippen LogP contribution >= 0.6 is 0 Å². The van der Waals surface area contributed by atoms with Gasteiger partial charge in [0, 0.05) is 12.7 Å². The van der Waals surface area contributed by atoms with Crippen molar-refractivity contribution in [3.05, 3.63) is 12.4 Å². The molecule has 1 aromatic rings. The number of hydrogen-bond acceptors (Lipinski definition) is 3. The minimum Gasteiger partial charge on any atom is -0.396 e. The summed E-state index contributed by atoms with van der Waals surface area (Å²) in [4.78, 5) is 2.47. The maximum Gasteiger partial charge on any atom is 0.0719 e. The first-order valence-electron chi connectivity index (χ1n) is 5.76. The monoisotopic (exact) mass is 210 g/mol. The molecule has 0 saturated carbocycles. The second-order valence-electron chi connectivity index (χ2n) is 3.88. The molecule has 0 saturated heterocycles. The molecule has 2 N–H and O–H groups in total. The van der Waals surface area contributed by atoms with E-state index in [0.29, 0.717) is 0 Å². The van der Waals surface area contributed by atoms with Crippen molar-refractivity contribution in [3.8, 4) is 0 Å². The zero-order valence-corrected chi connectivity index (χ0v) is 9.82. The van der Waals surface area contributed by atoms with Crippen LogP contribution in [0.5, 0.6) is 0 Å². The molecule has 0 unspecified atom stereocenters. The molecule has 0 aromatic carbocycles. The number of rotatable bonds is 7. The van der Waals surface area contributed by atoms with Crippen LogP contribution in [0.1, 0.15) is 26.7 Å². The molecule has 0 atom stereocenters. The van der Waals surface area contributed by atoms with Crippen LogP contribution in [0.25, 0.3) is 0 Å². The lowest BCUT2D eigenvalue weighted by Gasteiger charge is -2.20. The van der Waals surface area contributed by atoms with Gasteiger partial charge in [-0.2, -0.15) is 5.10 Å². The van der Waals surface area contributed by atoms with E-state index in [0.717, 1.165) is 18.8 Å². The molecule has 1 rings (SSSR count). The molecule has 1 aromatic heterocycles. The van der Waals surface area contributed by atoms with Gasteiger partial charge in [0.1, 0.15) is 0 Å². The molecule has 0 bridgehead atoms. The van der Waals surface area contributed by atoms with E-state index >= 15 is 0 Å². The Morgan fingerprint density at radius 3 is 2.40 bits per heavy atom. The van der Waals surface area contributed by atoms with E-state index in [1.54, 1.807) is 6.20 Å². The van der Waals surface area contributed by atoms with E-state index in [2.05, 4.69) is 23.8 Å². The molecule has 0 fully saturated rings. The fourth-order valence-electron chi connectivity index (χ4n) is 1.71. The number of nitrogens with zero attached hydrogens (tertiary/aromatic N) is 3. The van der Waals surface area contributed by atoms with Crippen LogP contribution in [0.2, 0.25) is 0 Å². The van der Waals surface area contributed by atoms with Gasteiger partial charge < -0.3 is 10.6 Å². The lowest BCUT2D eigenvalue weighted by molar-refractivity contribution is 0.259. The highest BCUT2D eigenvalue weighted by Gasteiger charge is 2.02. The highest BCUT2D eigenvalue weighted by molar-refractivity contribution is 5.30. The molecule has 0 aliphatic heterocycles. The number of nitrogen functional groups attached to an aromatic ring is 1. The molecule has 0 amide bonds. The zero-order valence-electron chi connectivity index (χ0n) is 9.82. The Morgan fingerprint density at radius 2 is 1.93 bits per heavy atom. The summed E-state index contributed by atoms with van der Waals surface area (Å²) in [6, 6.07) is 0. The third kappa shape index (κ3) is 4.34. The van der Waals surface area contributed by atoms with E-state index in [4.69, 9.17) is 5.73 Å². The van der Waals surface area contributed by atoms with E-state index in [-0.39, 0.29) is 0 Å². The largest absolute Gasteiger partial charge is 0.396 e. The van der Waals surface area contributed by atoms with E-state index in [1.807, 2.05) is 10.9 Å². The molecule has 1 heterocycles. The predicted molar refractivity (Wildman–Crippen MR) is 63.7 cm³/mol. The Bertz CT molecular complexity index is 263. The Morgan fingerprint density at radius 1 is 1.27 bits per heavy atom. The highest BCUT2D eigenvalue weighted by atomic mass is 15.3. The van der Waals surface area contributed by atoms with Gasteiger partial charge in [0.15, 0.2) is 0 Å². The summed E-state index contributed by atoms with van der Waals surface area (Å²) in [6.45, 7) is 8.76. The van der Waals surface area contributed by atoms with Crippen molar-refractivity contribution < 1.29 is 0 Å². The summed E-state index contributed by atoms with van der Waals surface area (Å²) in [7, 11) is 0. The van der Waals surface area contributed by atoms with Crippen LogP contribution in [0.3, 0.4) is 0 Å². The molecular weight excluding hydrogens is 188 g/mol. The normalized spacial score (nSPS) is 11.1. The lowest BCUT2D eigenvalue weighted by atomic mass is 10.3. The van der Waals surface area contributed by atoms with Crippen LogP contribution in [-0.2, 0) is 6.54 Å². The lowest BCUT2D eigenvalue weighted by Crippen LogP contribution is -2.29. The van der Waals surface area contributed by atoms with Crippen molar-refractivity contribution in [2.75, 3.05) is 25.4 Å². The van der Waals surface area contributed by atoms with Crippen molar-refractivity contribution in [1.29, 1.82) is 0 Å². The summed E-state index contributed by atoms with van der Waals surface area (Å²) < 4.78 is 1.91. The van der Waals surface area contributed by atoms with Gasteiger partial charge in [-0.3, -0.25) is 4.68 Å². The standard InChI is InChI=1S/C11H22N4/c1-3-5-14(6-4-2)7-8-15-10-11(12)9-13-15/h9-10H,3-8,12H2,1-2H3. The Balaban J connectivity index is 2.32. The summed E-state index contributed by atoms with van der Waals surface area (Å²) in [6.07, 6.45) is 6.00. The van der Waals surface area contributed by atoms with Gasteiger partial charge in [-0.25, -0.2) is 0 Å². The van der Waals surface area contributed by atoms with Crippen LogP contribution in [0.15, 0.2) is 12.4 Å².